The number of H-pyrrole nitrogens is 1. The van der Waals surface area contributed by atoms with E-state index in [1.54, 1.807) is 0 Å². The minimum Gasteiger partial charge on any atom is -0.281 e. The van der Waals surface area contributed by atoms with Crippen molar-refractivity contribution in [3.8, 4) is 0 Å². The summed E-state index contributed by atoms with van der Waals surface area (Å²) in [6.07, 6.45) is 9.28. The summed E-state index contributed by atoms with van der Waals surface area (Å²) >= 11 is 0. The van der Waals surface area contributed by atoms with E-state index in [1.807, 2.05) is 0 Å². The van der Waals surface area contributed by atoms with Gasteiger partial charge in [0, 0.05) is 11.3 Å². The van der Waals surface area contributed by atoms with Crippen LogP contribution < -0.4 is 0 Å². The van der Waals surface area contributed by atoms with Crippen molar-refractivity contribution >= 4 is 6.08 Å². The Kier molecular flexibility index (Phi) is 0.918. The molecule has 1 aromatic heterocycles. The fourth-order valence-electron chi connectivity index (χ4n) is 1.04. The number of allylic oxidation sites excluding steroid dienone is 1. The Hall–Kier alpha value is -1.05. The van der Waals surface area contributed by atoms with Crippen LogP contribution in [0.5, 0.6) is 0 Å². The van der Waals surface area contributed by atoms with Crippen LogP contribution in [-0.4, -0.2) is 10.2 Å². The zero-order valence-electron chi connectivity index (χ0n) is 5.02. The number of nitrogens with one attached hydrogen (secondary N) is 1. The molecule has 1 radical (unpaired) electrons. The Morgan fingerprint density at radius 1 is 1.67 bits per heavy atom. The number of rotatable bonds is 0. The molecule has 0 bridgehead atoms. The number of hydrogen-bond donors (Lipinski definition) is 1. The van der Waals surface area contributed by atoms with E-state index in [-0.39, 0.29) is 0 Å². The quantitative estimate of drug-likeness (QED) is 0.545. The highest BCUT2D eigenvalue weighted by Crippen LogP contribution is 2.14. The predicted octanol–water partition coefficient (Wildman–Crippen LogP) is 1.17. The van der Waals surface area contributed by atoms with Gasteiger partial charge in [-0.2, -0.15) is 5.10 Å². The van der Waals surface area contributed by atoms with Crippen molar-refractivity contribution in [3.05, 3.63) is 23.5 Å². The molecule has 0 fully saturated rings. The Labute approximate surface area is 53.6 Å². The third kappa shape index (κ3) is 0.669. The highest BCUT2D eigenvalue weighted by molar-refractivity contribution is 5.52. The Bertz CT molecular complexity index is 235. The van der Waals surface area contributed by atoms with Crippen molar-refractivity contribution in [2.45, 2.75) is 12.8 Å². The number of aromatic nitrogens is 2. The van der Waals surface area contributed by atoms with Gasteiger partial charge in [-0.05, 0) is 12.8 Å². The van der Waals surface area contributed by atoms with Gasteiger partial charge in [0.05, 0.1) is 0 Å². The van der Waals surface area contributed by atoms with Crippen LogP contribution >= 0.6 is 0 Å². The summed E-state index contributed by atoms with van der Waals surface area (Å²) in [6.45, 7) is 0. The Morgan fingerprint density at radius 2 is 2.67 bits per heavy atom. The van der Waals surface area contributed by atoms with Crippen molar-refractivity contribution in [3.63, 3.8) is 0 Å². The zero-order valence-corrected chi connectivity index (χ0v) is 5.02. The minimum atomic E-state index is 1.09. The molecule has 0 amide bonds. The molecule has 45 valence electrons. The van der Waals surface area contributed by atoms with Crippen LogP contribution in [0.25, 0.3) is 6.08 Å². The molecule has 1 heterocycles. The largest absolute Gasteiger partial charge is 0.281 e. The van der Waals surface area contributed by atoms with E-state index < -0.39 is 0 Å². The summed E-state index contributed by atoms with van der Waals surface area (Å²) in [4.78, 5) is 0. The van der Waals surface area contributed by atoms with E-state index >= 15 is 0 Å². The first-order chi connectivity index (χ1) is 4.47. The second-order valence-corrected chi connectivity index (χ2v) is 2.17. The van der Waals surface area contributed by atoms with Crippen LogP contribution in [-0.2, 0) is 6.42 Å². The van der Waals surface area contributed by atoms with Gasteiger partial charge < -0.3 is 0 Å². The lowest BCUT2D eigenvalue weighted by atomic mass is 10.1. The van der Waals surface area contributed by atoms with Crippen LogP contribution in [0.4, 0.5) is 0 Å². The lowest BCUT2D eigenvalue weighted by molar-refractivity contribution is 0.907. The lowest BCUT2D eigenvalue weighted by Gasteiger charge is -2.00. The third-order valence-corrected chi connectivity index (χ3v) is 1.54. The first-order valence-corrected chi connectivity index (χ1v) is 3.08. The molecule has 1 aromatic rings. The molecular weight excluding hydrogens is 112 g/mol. The number of hydrogen-bond acceptors (Lipinski definition) is 1. The minimum absolute atomic E-state index is 1.09. The van der Waals surface area contributed by atoms with Gasteiger partial charge in [0.2, 0.25) is 0 Å². The first kappa shape index (κ1) is 4.79. The molecule has 0 aromatic carbocycles. The fourth-order valence-corrected chi connectivity index (χ4v) is 1.04. The molecule has 1 aliphatic carbocycles. The highest BCUT2D eigenvalue weighted by atomic mass is 15.1. The molecule has 2 nitrogen and oxygen atoms in total. The maximum atomic E-state index is 3.80. The number of aromatic amines is 1. The van der Waals surface area contributed by atoms with Crippen LogP contribution in [0.2, 0.25) is 0 Å². The van der Waals surface area contributed by atoms with Gasteiger partial charge >= 0.3 is 0 Å². The molecule has 0 aliphatic heterocycles. The van der Waals surface area contributed by atoms with Gasteiger partial charge in [0.15, 0.2) is 0 Å². The third-order valence-electron chi connectivity index (χ3n) is 1.54. The van der Waals surface area contributed by atoms with Crippen molar-refractivity contribution in [1.29, 1.82) is 0 Å². The van der Waals surface area contributed by atoms with Crippen LogP contribution in [0, 0.1) is 6.20 Å². The SMILES string of the molecule is [c]1n[nH]c2c1C=CCC2. The molecule has 9 heavy (non-hydrogen) atoms. The van der Waals surface area contributed by atoms with E-state index in [2.05, 4.69) is 28.5 Å². The summed E-state index contributed by atoms with van der Waals surface area (Å²) < 4.78 is 0. The number of nitrogens with zero attached hydrogens (tertiary/aromatic N) is 1. The molecule has 0 saturated heterocycles. The zero-order chi connectivity index (χ0) is 6.10. The summed E-state index contributed by atoms with van der Waals surface area (Å²) in [5, 5.41) is 6.70. The average Bonchev–Trinajstić information content (AvgIpc) is 2.33. The standard InChI is InChI=1S/C7H7N2/c1-2-4-7-6(3-1)5-8-9-7/h1,3H,2,4H2,(H,8,9). The second kappa shape index (κ2) is 1.72. The van der Waals surface area contributed by atoms with Gasteiger partial charge in [0.25, 0.3) is 0 Å². The smallest absolute Gasteiger partial charge is 0.120 e. The van der Waals surface area contributed by atoms with Crippen LogP contribution in [0.1, 0.15) is 17.7 Å². The molecular formula is C7H7N2. The van der Waals surface area contributed by atoms with Crippen molar-refractivity contribution in [2.24, 2.45) is 0 Å². The molecule has 0 saturated carbocycles. The number of aryl methyl sites for hydroxylation is 1. The van der Waals surface area contributed by atoms with Crippen molar-refractivity contribution in [1.82, 2.24) is 10.2 Å². The molecule has 0 unspecified atom stereocenters. The van der Waals surface area contributed by atoms with E-state index in [4.69, 9.17) is 0 Å². The highest BCUT2D eigenvalue weighted by Gasteiger charge is 2.04. The molecule has 2 rings (SSSR count). The molecule has 0 spiro atoms. The topological polar surface area (TPSA) is 28.7 Å². The Balaban J connectivity index is 2.53. The second-order valence-electron chi connectivity index (χ2n) is 2.17. The van der Waals surface area contributed by atoms with Crippen LogP contribution in [0.15, 0.2) is 6.08 Å². The summed E-state index contributed by atoms with van der Waals surface area (Å²) in [5.74, 6) is 0. The molecule has 1 aliphatic rings. The van der Waals surface area contributed by atoms with Gasteiger partial charge in [-0.3, -0.25) is 5.10 Å². The molecule has 2 heteroatoms. The monoisotopic (exact) mass is 119 g/mol. The van der Waals surface area contributed by atoms with Gasteiger partial charge in [-0.25, -0.2) is 0 Å². The van der Waals surface area contributed by atoms with E-state index in [1.165, 1.54) is 5.69 Å². The van der Waals surface area contributed by atoms with E-state index in [0.717, 1.165) is 18.4 Å². The summed E-state index contributed by atoms with van der Waals surface area (Å²) in [6, 6.07) is 0. The fraction of sp³-hybridized carbons (Fsp3) is 0.286. The van der Waals surface area contributed by atoms with Gasteiger partial charge in [-0.15, -0.1) is 0 Å². The van der Waals surface area contributed by atoms with Gasteiger partial charge in [-0.1, -0.05) is 12.2 Å². The summed E-state index contributed by atoms with van der Waals surface area (Å²) in [7, 11) is 0. The average molecular weight is 119 g/mol. The Morgan fingerprint density at radius 3 is 3.56 bits per heavy atom. The maximum absolute atomic E-state index is 3.80. The predicted molar refractivity (Wildman–Crippen MR) is 34.8 cm³/mol. The van der Waals surface area contributed by atoms with Gasteiger partial charge in [0.1, 0.15) is 6.20 Å². The first-order valence-electron chi connectivity index (χ1n) is 3.08. The molecule has 1 N–H and O–H groups in total. The lowest BCUT2D eigenvalue weighted by Crippen LogP contribution is -1.90. The van der Waals surface area contributed by atoms with E-state index in [9.17, 15) is 0 Å². The number of fused-ring (bicyclic) bond motifs is 1. The van der Waals surface area contributed by atoms with Crippen molar-refractivity contribution < 1.29 is 0 Å². The van der Waals surface area contributed by atoms with E-state index in [0.29, 0.717) is 0 Å². The van der Waals surface area contributed by atoms with Crippen molar-refractivity contribution in [2.75, 3.05) is 0 Å². The summed E-state index contributed by atoms with van der Waals surface area (Å²) in [5.41, 5.74) is 2.35. The van der Waals surface area contributed by atoms with Crippen LogP contribution in [0.3, 0.4) is 0 Å². The maximum Gasteiger partial charge on any atom is 0.120 e. The molecule has 0 atom stereocenters. The normalized spacial score (nSPS) is 15.6.